The van der Waals surface area contributed by atoms with Gasteiger partial charge in [0.2, 0.25) is 0 Å². The Morgan fingerprint density at radius 2 is 1.79 bits per heavy atom. The number of aromatic hydroxyl groups is 2. The van der Waals surface area contributed by atoms with Crippen LogP contribution in [-0.4, -0.2) is 15.2 Å². The number of rotatable bonds is 3. The van der Waals surface area contributed by atoms with Gasteiger partial charge in [-0.05, 0) is 50.1 Å². The van der Waals surface area contributed by atoms with Crippen molar-refractivity contribution < 1.29 is 10.2 Å². The number of phenols is 2. The van der Waals surface area contributed by atoms with E-state index in [-0.39, 0.29) is 11.5 Å². The van der Waals surface area contributed by atoms with Gasteiger partial charge in [0.15, 0.2) is 0 Å². The normalized spacial score (nSPS) is 11.7. The molecule has 0 saturated carbocycles. The second-order valence-corrected chi connectivity index (χ2v) is 7.36. The third kappa shape index (κ3) is 2.99. The van der Waals surface area contributed by atoms with Crippen molar-refractivity contribution in [2.24, 2.45) is 0 Å². The lowest BCUT2D eigenvalue weighted by Gasteiger charge is -2.13. The predicted octanol–water partition coefficient (Wildman–Crippen LogP) is 5.54. The zero-order chi connectivity index (χ0) is 17.4. The first-order valence-corrected chi connectivity index (χ1v) is 8.81. The van der Waals surface area contributed by atoms with Crippen LogP contribution in [0.5, 0.6) is 11.5 Å². The standard InChI is InChI=1S/C19H18ClNO2S/c1-10-11(2)19(23)14(12(3)18(10)22)5-4-6-17-21-15-8-7-13(20)9-16(15)24-17/h4-5,7-9,22-23H,6H2,1-3H3/b5-4+. The van der Waals surface area contributed by atoms with Crippen LogP contribution in [0.2, 0.25) is 5.02 Å². The number of benzene rings is 2. The van der Waals surface area contributed by atoms with E-state index in [4.69, 9.17) is 11.6 Å². The monoisotopic (exact) mass is 359 g/mol. The lowest BCUT2D eigenvalue weighted by molar-refractivity contribution is 0.448. The first kappa shape index (κ1) is 16.8. The third-order valence-corrected chi connectivity index (χ3v) is 5.53. The molecule has 1 aromatic heterocycles. The molecule has 124 valence electrons. The van der Waals surface area contributed by atoms with Crippen LogP contribution in [0.1, 0.15) is 27.3 Å². The molecule has 0 atom stereocenters. The second-order valence-electron chi connectivity index (χ2n) is 5.81. The number of allylic oxidation sites excluding steroid dienone is 1. The summed E-state index contributed by atoms with van der Waals surface area (Å²) in [7, 11) is 0. The molecule has 5 heteroatoms. The largest absolute Gasteiger partial charge is 0.507 e. The third-order valence-electron chi connectivity index (χ3n) is 4.26. The van der Waals surface area contributed by atoms with E-state index in [1.165, 1.54) is 0 Å². The number of aromatic nitrogens is 1. The Bertz CT molecular complexity index is 931. The van der Waals surface area contributed by atoms with E-state index in [9.17, 15) is 10.2 Å². The highest BCUT2D eigenvalue weighted by Crippen LogP contribution is 2.37. The van der Waals surface area contributed by atoms with E-state index in [2.05, 4.69) is 4.98 Å². The summed E-state index contributed by atoms with van der Waals surface area (Å²) in [5, 5.41) is 22.2. The lowest BCUT2D eigenvalue weighted by atomic mass is 9.97. The van der Waals surface area contributed by atoms with Gasteiger partial charge in [-0.3, -0.25) is 0 Å². The summed E-state index contributed by atoms with van der Waals surface area (Å²) >= 11 is 7.61. The first-order chi connectivity index (χ1) is 11.4. The number of hydrogen-bond donors (Lipinski definition) is 2. The van der Waals surface area contributed by atoms with Gasteiger partial charge in [0.1, 0.15) is 11.5 Å². The fourth-order valence-corrected chi connectivity index (χ4v) is 3.88. The zero-order valence-electron chi connectivity index (χ0n) is 13.7. The number of fused-ring (bicyclic) bond motifs is 1. The van der Waals surface area contributed by atoms with Gasteiger partial charge in [0.05, 0.1) is 15.2 Å². The second kappa shape index (κ2) is 6.46. The molecule has 1 heterocycles. The van der Waals surface area contributed by atoms with Gasteiger partial charge in [-0.15, -0.1) is 11.3 Å². The van der Waals surface area contributed by atoms with Crippen molar-refractivity contribution >= 4 is 39.2 Å². The van der Waals surface area contributed by atoms with Crippen molar-refractivity contribution in [1.82, 2.24) is 4.98 Å². The van der Waals surface area contributed by atoms with Crippen molar-refractivity contribution in [3.8, 4) is 11.5 Å². The zero-order valence-corrected chi connectivity index (χ0v) is 15.3. The van der Waals surface area contributed by atoms with Gasteiger partial charge in [0, 0.05) is 22.6 Å². The van der Waals surface area contributed by atoms with Crippen LogP contribution in [0.4, 0.5) is 0 Å². The van der Waals surface area contributed by atoms with Crippen molar-refractivity contribution in [1.29, 1.82) is 0 Å². The van der Waals surface area contributed by atoms with Crippen LogP contribution in [0, 0.1) is 20.8 Å². The van der Waals surface area contributed by atoms with Crippen molar-refractivity contribution in [2.75, 3.05) is 0 Å². The van der Waals surface area contributed by atoms with E-state index in [1.54, 1.807) is 32.1 Å². The van der Waals surface area contributed by atoms with E-state index < -0.39 is 0 Å². The minimum absolute atomic E-state index is 0.218. The van der Waals surface area contributed by atoms with Crippen LogP contribution in [0.3, 0.4) is 0 Å². The molecule has 0 aliphatic heterocycles. The summed E-state index contributed by atoms with van der Waals surface area (Å²) in [5.74, 6) is 0.453. The molecule has 0 amide bonds. The van der Waals surface area contributed by atoms with Gasteiger partial charge in [-0.2, -0.15) is 0 Å². The smallest absolute Gasteiger partial charge is 0.126 e. The van der Waals surface area contributed by atoms with Crippen molar-refractivity contribution in [3.05, 3.63) is 56.6 Å². The highest BCUT2D eigenvalue weighted by molar-refractivity contribution is 7.18. The van der Waals surface area contributed by atoms with Crippen molar-refractivity contribution in [2.45, 2.75) is 27.2 Å². The molecule has 2 aromatic carbocycles. The fourth-order valence-electron chi connectivity index (χ4n) is 2.66. The number of hydrogen-bond acceptors (Lipinski definition) is 4. The average molecular weight is 360 g/mol. The molecule has 3 aromatic rings. The van der Waals surface area contributed by atoms with Gasteiger partial charge >= 0.3 is 0 Å². The van der Waals surface area contributed by atoms with E-state index in [0.717, 1.165) is 15.2 Å². The minimum Gasteiger partial charge on any atom is -0.507 e. The van der Waals surface area contributed by atoms with Crippen LogP contribution in [0.15, 0.2) is 24.3 Å². The lowest BCUT2D eigenvalue weighted by Crippen LogP contribution is -1.92. The van der Waals surface area contributed by atoms with Crippen LogP contribution < -0.4 is 0 Å². The molecule has 2 N–H and O–H groups in total. The number of halogens is 1. The molecular weight excluding hydrogens is 342 g/mol. The summed E-state index contributed by atoms with van der Waals surface area (Å²) in [5.41, 5.74) is 3.69. The average Bonchev–Trinajstić information content (AvgIpc) is 2.96. The van der Waals surface area contributed by atoms with Gasteiger partial charge in [0.25, 0.3) is 0 Å². The summed E-state index contributed by atoms with van der Waals surface area (Å²) in [4.78, 5) is 4.58. The minimum atomic E-state index is 0.218. The molecule has 0 fully saturated rings. The Kier molecular flexibility index (Phi) is 4.52. The molecule has 3 nitrogen and oxygen atoms in total. The van der Waals surface area contributed by atoms with E-state index >= 15 is 0 Å². The Balaban J connectivity index is 1.88. The van der Waals surface area contributed by atoms with Gasteiger partial charge < -0.3 is 10.2 Å². The Morgan fingerprint density at radius 3 is 2.54 bits per heavy atom. The molecule has 3 rings (SSSR count). The Labute approximate surface area is 149 Å². The summed E-state index contributed by atoms with van der Waals surface area (Å²) in [6.45, 7) is 5.41. The summed E-state index contributed by atoms with van der Waals surface area (Å²) < 4.78 is 1.06. The first-order valence-electron chi connectivity index (χ1n) is 7.61. The molecule has 0 aliphatic rings. The highest BCUT2D eigenvalue weighted by atomic mass is 35.5. The fraction of sp³-hybridized carbons (Fsp3) is 0.211. The molecular formula is C19H18ClNO2S. The summed E-state index contributed by atoms with van der Waals surface area (Å²) in [6.07, 6.45) is 4.45. The summed E-state index contributed by atoms with van der Waals surface area (Å²) in [6, 6.07) is 5.67. The van der Waals surface area contributed by atoms with Gasteiger partial charge in [-0.25, -0.2) is 4.98 Å². The molecule has 0 saturated heterocycles. The molecule has 0 unspecified atom stereocenters. The highest BCUT2D eigenvalue weighted by Gasteiger charge is 2.14. The topological polar surface area (TPSA) is 53.4 Å². The van der Waals surface area contributed by atoms with Crippen LogP contribution >= 0.6 is 22.9 Å². The van der Waals surface area contributed by atoms with Crippen molar-refractivity contribution in [3.63, 3.8) is 0 Å². The maximum Gasteiger partial charge on any atom is 0.126 e. The van der Waals surface area contributed by atoms with Gasteiger partial charge in [-0.1, -0.05) is 23.8 Å². The Hall–Kier alpha value is -2.04. The molecule has 0 spiro atoms. The number of thiazole rings is 1. The van der Waals surface area contributed by atoms with Crippen LogP contribution in [0.25, 0.3) is 16.3 Å². The molecule has 0 aliphatic carbocycles. The SMILES string of the molecule is Cc1c(C)c(O)c(/C=C/Cc2nc3ccc(Cl)cc3s2)c(C)c1O. The molecule has 0 bridgehead atoms. The maximum atomic E-state index is 10.3. The quantitative estimate of drug-likeness (QED) is 0.603. The Morgan fingerprint density at radius 1 is 1.08 bits per heavy atom. The van der Waals surface area contributed by atoms with Crippen LogP contribution in [-0.2, 0) is 6.42 Å². The van der Waals surface area contributed by atoms with E-state index in [0.29, 0.717) is 33.7 Å². The molecule has 24 heavy (non-hydrogen) atoms. The predicted molar refractivity (Wildman–Crippen MR) is 101 cm³/mol. The molecule has 0 radical (unpaired) electrons. The maximum absolute atomic E-state index is 10.3. The number of phenolic OH excluding ortho intramolecular Hbond substituents is 2. The van der Waals surface area contributed by atoms with E-state index in [1.807, 2.05) is 30.4 Å². The number of nitrogens with zero attached hydrogens (tertiary/aromatic N) is 1.